The molecule has 4 nitrogen and oxygen atoms in total. The molecule has 15 heavy (non-hydrogen) atoms. The molecule has 0 radical (unpaired) electrons. The highest BCUT2D eigenvalue weighted by Gasteiger charge is 2.14. The van der Waals surface area contributed by atoms with Crippen LogP contribution in [0, 0.1) is 10.1 Å². The van der Waals surface area contributed by atoms with Gasteiger partial charge >= 0.3 is 5.69 Å². The van der Waals surface area contributed by atoms with E-state index in [9.17, 15) is 10.1 Å². The fourth-order valence-corrected chi connectivity index (χ4v) is 1.91. The molecule has 1 rings (SSSR count). The van der Waals surface area contributed by atoms with Gasteiger partial charge in [-0.3, -0.25) is 10.1 Å². The lowest BCUT2D eigenvalue weighted by Crippen LogP contribution is -1.93. The maximum Gasteiger partial charge on any atom is 0.310 e. The van der Waals surface area contributed by atoms with E-state index in [2.05, 4.69) is 6.92 Å². The molecule has 0 aliphatic heterocycles. The van der Waals surface area contributed by atoms with Crippen molar-refractivity contribution in [2.75, 3.05) is 12.9 Å². The first kappa shape index (κ1) is 11.8. The first-order chi connectivity index (χ1) is 7.19. The second kappa shape index (κ2) is 5.60. The zero-order chi connectivity index (χ0) is 11.3. The van der Waals surface area contributed by atoms with Gasteiger partial charge < -0.3 is 4.74 Å². The van der Waals surface area contributed by atoms with Crippen LogP contribution in [0.25, 0.3) is 0 Å². The number of thioether (sulfide) groups is 1. The normalized spacial score (nSPS) is 10.0. The van der Waals surface area contributed by atoms with E-state index < -0.39 is 4.92 Å². The van der Waals surface area contributed by atoms with Crippen LogP contribution in [-0.4, -0.2) is 17.8 Å². The molecule has 0 aliphatic rings. The predicted molar refractivity (Wildman–Crippen MR) is 60.7 cm³/mol. The number of hydrogen-bond donors (Lipinski definition) is 0. The third-order valence-corrected chi connectivity index (χ3v) is 3.02. The van der Waals surface area contributed by atoms with Crippen molar-refractivity contribution in [2.24, 2.45) is 0 Å². The van der Waals surface area contributed by atoms with Gasteiger partial charge in [0.15, 0.2) is 5.75 Å². The Morgan fingerprint density at radius 2 is 2.27 bits per heavy atom. The van der Waals surface area contributed by atoms with Crippen LogP contribution in [0.1, 0.15) is 13.3 Å². The lowest BCUT2D eigenvalue weighted by atomic mass is 10.3. The van der Waals surface area contributed by atoms with Gasteiger partial charge in [-0.15, -0.1) is 11.8 Å². The van der Waals surface area contributed by atoms with E-state index in [0.717, 1.165) is 17.1 Å². The van der Waals surface area contributed by atoms with E-state index >= 15 is 0 Å². The molecule has 0 atom stereocenters. The number of ether oxygens (including phenoxy) is 1. The van der Waals surface area contributed by atoms with Crippen LogP contribution >= 0.6 is 11.8 Å². The first-order valence-corrected chi connectivity index (χ1v) is 5.62. The second-order valence-corrected chi connectivity index (χ2v) is 4.11. The Balaban J connectivity index is 2.92. The lowest BCUT2D eigenvalue weighted by molar-refractivity contribution is -0.385. The highest BCUT2D eigenvalue weighted by Crippen LogP contribution is 2.31. The summed E-state index contributed by atoms with van der Waals surface area (Å²) >= 11 is 1.67. The second-order valence-electron chi connectivity index (χ2n) is 2.94. The van der Waals surface area contributed by atoms with E-state index in [4.69, 9.17) is 4.74 Å². The van der Waals surface area contributed by atoms with Gasteiger partial charge in [-0.1, -0.05) is 6.92 Å². The Kier molecular flexibility index (Phi) is 4.42. The van der Waals surface area contributed by atoms with Crippen LogP contribution in [0.4, 0.5) is 5.69 Å². The highest BCUT2D eigenvalue weighted by molar-refractivity contribution is 7.99. The maximum absolute atomic E-state index is 10.6. The average Bonchev–Trinajstić information content (AvgIpc) is 2.25. The van der Waals surface area contributed by atoms with Crippen LogP contribution in [-0.2, 0) is 0 Å². The molecule has 0 saturated carbocycles. The van der Waals surface area contributed by atoms with Crippen molar-refractivity contribution in [3.63, 3.8) is 0 Å². The summed E-state index contributed by atoms with van der Waals surface area (Å²) in [6.45, 7) is 2.09. The standard InChI is InChI=1S/C10H13NO3S/c1-3-6-15-8-4-5-9(11(12)13)10(7-8)14-2/h4-5,7H,3,6H2,1-2H3. The number of nitro groups is 1. The van der Waals surface area contributed by atoms with Gasteiger partial charge in [0.05, 0.1) is 12.0 Å². The maximum atomic E-state index is 10.6. The van der Waals surface area contributed by atoms with Crippen LogP contribution in [0.5, 0.6) is 5.75 Å². The SMILES string of the molecule is CCCSc1ccc([N+](=O)[O-])c(OC)c1. The third-order valence-electron chi connectivity index (χ3n) is 1.82. The molecular formula is C10H13NO3S. The third kappa shape index (κ3) is 3.13. The molecule has 0 unspecified atom stereocenters. The minimum atomic E-state index is -0.437. The largest absolute Gasteiger partial charge is 0.490 e. The van der Waals surface area contributed by atoms with E-state index in [1.807, 2.05) is 0 Å². The van der Waals surface area contributed by atoms with Crippen molar-refractivity contribution < 1.29 is 9.66 Å². The van der Waals surface area contributed by atoms with E-state index in [0.29, 0.717) is 5.75 Å². The quantitative estimate of drug-likeness (QED) is 0.440. The topological polar surface area (TPSA) is 52.4 Å². The molecule has 0 aliphatic carbocycles. The zero-order valence-electron chi connectivity index (χ0n) is 8.73. The molecule has 5 heteroatoms. The molecular weight excluding hydrogens is 214 g/mol. The molecule has 0 fully saturated rings. The van der Waals surface area contributed by atoms with Crippen molar-refractivity contribution in [3.05, 3.63) is 28.3 Å². The van der Waals surface area contributed by atoms with Crippen molar-refractivity contribution in [2.45, 2.75) is 18.2 Å². The molecule has 1 aromatic rings. The Bertz CT molecular complexity index is 355. The van der Waals surface area contributed by atoms with E-state index in [1.165, 1.54) is 13.2 Å². The van der Waals surface area contributed by atoms with Crippen molar-refractivity contribution >= 4 is 17.4 Å². The van der Waals surface area contributed by atoms with Gasteiger partial charge in [-0.2, -0.15) is 0 Å². The predicted octanol–water partition coefficient (Wildman–Crippen LogP) is 3.11. The van der Waals surface area contributed by atoms with Gasteiger partial charge in [0.2, 0.25) is 0 Å². The number of methoxy groups -OCH3 is 1. The summed E-state index contributed by atoms with van der Waals surface area (Å²) in [6.07, 6.45) is 1.07. The van der Waals surface area contributed by atoms with Gasteiger partial charge in [0, 0.05) is 17.0 Å². The first-order valence-electron chi connectivity index (χ1n) is 4.64. The summed E-state index contributed by atoms with van der Waals surface area (Å²) < 4.78 is 4.97. The molecule has 0 bridgehead atoms. The smallest absolute Gasteiger partial charge is 0.310 e. The van der Waals surface area contributed by atoms with Gasteiger partial charge in [0.25, 0.3) is 0 Å². The fourth-order valence-electron chi connectivity index (χ4n) is 1.12. The van der Waals surface area contributed by atoms with Gasteiger partial charge in [-0.05, 0) is 18.2 Å². The monoisotopic (exact) mass is 227 g/mol. The molecule has 0 aromatic heterocycles. The molecule has 82 valence electrons. The summed E-state index contributed by atoms with van der Waals surface area (Å²) in [5.41, 5.74) is 0.0124. The van der Waals surface area contributed by atoms with Crippen LogP contribution in [0.3, 0.4) is 0 Å². The number of nitrogens with zero attached hydrogens (tertiary/aromatic N) is 1. The molecule has 0 saturated heterocycles. The fraction of sp³-hybridized carbons (Fsp3) is 0.400. The van der Waals surface area contributed by atoms with E-state index in [-0.39, 0.29) is 5.69 Å². The van der Waals surface area contributed by atoms with Crippen molar-refractivity contribution in [1.82, 2.24) is 0 Å². The van der Waals surface area contributed by atoms with Crippen molar-refractivity contribution in [3.8, 4) is 5.75 Å². The van der Waals surface area contributed by atoms with Gasteiger partial charge in [0.1, 0.15) is 0 Å². The minimum Gasteiger partial charge on any atom is -0.490 e. The van der Waals surface area contributed by atoms with Crippen molar-refractivity contribution in [1.29, 1.82) is 0 Å². The Morgan fingerprint density at radius 3 is 2.80 bits per heavy atom. The number of nitro benzene ring substituents is 1. The highest BCUT2D eigenvalue weighted by atomic mass is 32.2. The minimum absolute atomic E-state index is 0.0124. The number of rotatable bonds is 5. The van der Waals surface area contributed by atoms with Crippen LogP contribution < -0.4 is 4.74 Å². The zero-order valence-corrected chi connectivity index (χ0v) is 9.54. The lowest BCUT2D eigenvalue weighted by Gasteiger charge is -2.04. The Labute approximate surface area is 92.8 Å². The number of hydrogen-bond acceptors (Lipinski definition) is 4. The van der Waals surface area contributed by atoms with Gasteiger partial charge in [-0.25, -0.2) is 0 Å². The Hall–Kier alpha value is -1.23. The summed E-state index contributed by atoms with van der Waals surface area (Å²) in [5.74, 6) is 1.32. The molecule has 0 heterocycles. The molecule has 0 spiro atoms. The molecule has 0 N–H and O–H groups in total. The molecule has 0 amide bonds. The average molecular weight is 227 g/mol. The summed E-state index contributed by atoms with van der Waals surface area (Å²) in [7, 11) is 1.44. The Morgan fingerprint density at radius 1 is 1.53 bits per heavy atom. The van der Waals surface area contributed by atoms with Crippen LogP contribution in [0.2, 0.25) is 0 Å². The summed E-state index contributed by atoms with van der Waals surface area (Å²) in [4.78, 5) is 11.2. The van der Waals surface area contributed by atoms with E-state index in [1.54, 1.807) is 23.9 Å². The summed E-state index contributed by atoms with van der Waals surface area (Å²) in [5, 5.41) is 10.6. The summed E-state index contributed by atoms with van der Waals surface area (Å²) in [6, 6.07) is 4.94. The van der Waals surface area contributed by atoms with Crippen LogP contribution in [0.15, 0.2) is 23.1 Å². The molecule has 1 aromatic carbocycles. The number of benzene rings is 1.